The zero-order valence-corrected chi connectivity index (χ0v) is 12.8. The second-order valence-corrected chi connectivity index (χ2v) is 6.82. The van der Waals surface area contributed by atoms with Crippen molar-refractivity contribution in [3.63, 3.8) is 0 Å². The van der Waals surface area contributed by atoms with Gasteiger partial charge in [0.15, 0.2) is 0 Å². The number of hydrogen-bond acceptors (Lipinski definition) is 2. The Balaban J connectivity index is 1.59. The third-order valence-corrected chi connectivity index (χ3v) is 5.10. The van der Waals surface area contributed by atoms with Crippen molar-refractivity contribution in [1.29, 1.82) is 0 Å². The topological polar surface area (TPSA) is 66.4 Å². The molecule has 2 saturated carbocycles. The van der Waals surface area contributed by atoms with Crippen molar-refractivity contribution in [2.45, 2.75) is 51.0 Å². The standard InChI is InChI=1S/C18H23NO3/c20-16(12-18(17(21)22)9-4-10-18)19-15(14-7-8-14)11-13-5-2-1-3-6-13/h1-3,5-6,14-15H,4,7-12H2,(H,19,20)(H,21,22). The lowest BCUT2D eigenvalue weighted by atomic mass is 9.66. The molecule has 3 rings (SSSR count). The van der Waals surface area contributed by atoms with Gasteiger partial charge in [-0.3, -0.25) is 9.59 Å². The van der Waals surface area contributed by atoms with E-state index in [-0.39, 0.29) is 18.4 Å². The Hall–Kier alpha value is -1.84. The molecular formula is C18H23NO3. The molecule has 1 aromatic rings. The largest absolute Gasteiger partial charge is 0.481 e. The highest BCUT2D eigenvalue weighted by Crippen LogP contribution is 2.44. The summed E-state index contributed by atoms with van der Waals surface area (Å²) < 4.78 is 0. The molecule has 1 atom stereocenters. The van der Waals surface area contributed by atoms with Gasteiger partial charge in [-0.25, -0.2) is 0 Å². The predicted octanol–water partition coefficient (Wildman–Crippen LogP) is 2.77. The lowest BCUT2D eigenvalue weighted by molar-refractivity contribution is -0.157. The van der Waals surface area contributed by atoms with E-state index in [9.17, 15) is 14.7 Å². The lowest BCUT2D eigenvalue weighted by Gasteiger charge is -2.37. The highest BCUT2D eigenvalue weighted by atomic mass is 16.4. The van der Waals surface area contributed by atoms with Gasteiger partial charge in [0.1, 0.15) is 0 Å². The van der Waals surface area contributed by atoms with Crippen LogP contribution in [-0.4, -0.2) is 23.0 Å². The quantitative estimate of drug-likeness (QED) is 0.814. The molecule has 2 N–H and O–H groups in total. The first-order chi connectivity index (χ1) is 10.6. The number of carboxylic acids is 1. The SMILES string of the molecule is O=C(CC1(C(=O)O)CCC1)NC(Cc1ccccc1)C1CC1. The van der Waals surface area contributed by atoms with Crippen molar-refractivity contribution >= 4 is 11.9 Å². The molecule has 0 saturated heterocycles. The maximum Gasteiger partial charge on any atom is 0.310 e. The fourth-order valence-corrected chi connectivity index (χ4v) is 3.34. The summed E-state index contributed by atoms with van der Waals surface area (Å²) in [6.45, 7) is 0. The molecule has 22 heavy (non-hydrogen) atoms. The van der Waals surface area contributed by atoms with E-state index in [0.29, 0.717) is 18.8 Å². The highest BCUT2D eigenvalue weighted by Gasteiger charge is 2.46. The lowest BCUT2D eigenvalue weighted by Crippen LogP contribution is -2.45. The Morgan fingerprint density at radius 3 is 2.41 bits per heavy atom. The van der Waals surface area contributed by atoms with E-state index in [0.717, 1.165) is 25.7 Å². The van der Waals surface area contributed by atoms with Crippen molar-refractivity contribution in [3.05, 3.63) is 35.9 Å². The van der Waals surface area contributed by atoms with Crippen LogP contribution in [-0.2, 0) is 16.0 Å². The molecule has 0 heterocycles. The minimum Gasteiger partial charge on any atom is -0.481 e. The van der Waals surface area contributed by atoms with Crippen LogP contribution in [0.5, 0.6) is 0 Å². The molecular weight excluding hydrogens is 278 g/mol. The molecule has 0 radical (unpaired) electrons. The van der Waals surface area contributed by atoms with E-state index in [1.54, 1.807) is 0 Å². The van der Waals surface area contributed by atoms with Gasteiger partial charge in [0.25, 0.3) is 0 Å². The zero-order valence-electron chi connectivity index (χ0n) is 12.8. The molecule has 118 valence electrons. The molecule has 1 unspecified atom stereocenters. The number of hydrogen-bond donors (Lipinski definition) is 2. The van der Waals surface area contributed by atoms with Gasteiger partial charge in [0, 0.05) is 12.5 Å². The number of amides is 1. The number of carbonyl (C=O) groups is 2. The van der Waals surface area contributed by atoms with Crippen LogP contribution < -0.4 is 5.32 Å². The van der Waals surface area contributed by atoms with Gasteiger partial charge in [-0.1, -0.05) is 36.8 Å². The first-order valence-corrected chi connectivity index (χ1v) is 8.16. The molecule has 0 spiro atoms. The van der Waals surface area contributed by atoms with Crippen LogP contribution in [0.25, 0.3) is 0 Å². The summed E-state index contributed by atoms with van der Waals surface area (Å²) in [7, 11) is 0. The normalized spacial score (nSPS) is 20.7. The number of carboxylic acid groups (broad SMARTS) is 1. The molecule has 1 amide bonds. The van der Waals surface area contributed by atoms with E-state index in [4.69, 9.17) is 0 Å². The van der Waals surface area contributed by atoms with Crippen LogP contribution in [0.2, 0.25) is 0 Å². The monoisotopic (exact) mass is 301 g/mol. The molecule has 2 aliphatic rings. The van der Waals surface area contributed by atoms with Crippen molar-refractivity contribution in [3.8, 4) is 0 Å². The molecule has 0 bridgehead atoms. The summed E-state index contributed by atoms with van der Waals surface area (Å²) in [5.41, 5.74) is 0.418. The molecule has 0 aliphatic heterocycles. The molecule has 2 fully saturated rings. The van der Waals surface area contributed by atoms with Crippen molar-refractivity contribution in [1.82, 2.24) is 5.32 Å². The minimum absolute atomic E-state index is 0.102. The maximum atomic E-state index is 12.3. The third-order valence-electron chi connectivity index (χ3n) is 5.10. The Morgan fingerprint density at radius 1 is 1.23 bits per heavy atom. The first-order valence-electron chi connectivity index (χ1n) is 8.16. The van der Waals surface area contributed by atoms with Crippen molar-refractivity contribution in [2.75, 3.05) is 0 Å². The van der Waals surface area contributed by atoms with Gasteiger partial charge in [0.05, 0.1) is 5.41 Å². The van der Waals surface area contributed by atoms with E-state index in [2.05, 4.69) is 17.4 Å². The smallest absolute Gasteiger partial charge is 0.310 e. The Labute approximate surface area is 130 Å². The van der Waals surface area contributed by atoms with E-state index >= 15 is 0 Å². The second kappa shape index (κ2) is 6.11. The molecule has 1 aromatic carbocycles. The average molecular weight is 301 g/mol. The number of rotatable bonds is 7. The van der Waals surface area contributed by atoms with E-state index in [1.165, 1.54) is 5.56 Å². The predicted molar refractivity (Wildman–Crippen MR) is 83.3 cm³/mol. The first kappa shape index (κ1) is 15.1. The summed E-state index contributed by atoms with van der Waals surface area (Å²) in [5, 5.41) is 12.4. The summed E-state index contributed by atoms with van der Waals surface area (Å²) in [4.78, 5) is 23.7. The van der Waals surface area contributed by atoms with Gasteiger partial charge in [-0.15, -0.1) is 0 Å². The van der Waals surface area contributed by atoms with Crippen LogP contribution in [0.15, 0.2) is 30.3 Å². The van der Waals surface area contributed by atoms with Crippen LogP contribution >= 0.6 is 0 Å². The van der Waals surface area contributed by atoms with Crippen LogP contribution in [0.4, 0.5) is 0 Å². The molecule has 2 aliphatic carbocycles. The summed E-state index contributed by atoms with van der Waals surface area (Å²) >= 11 is 0. The fraction of sp³-hybridized carbons (Fsp3) is 0.556. The van der Waals surface area contributed by atoms with Gasteiger partial charge >= 0.3 is 5.97 Å². The number of benzene rings is 1. The van der Waals surface area contributed by atoms with E-state index in [1.807, 2.05) is 18.2 Å². The maximum absolute atomic E-state index is 12.3. The summed E-state index contributed by atoms with van der Waals surface area (Å²) in [6.07, 6.45) is 5.43. The summed E-state index contributed by atoms with van der Waals surface area (Å²) in [6, 6.07) is 10.3. The Morgan fingerprint density at radius 2 is 1.91 bits per heavy atom. The van der Waals surface area contributed by atoms with Crippen molar-refractivity contribution in [2.24, 2.45) is 11.3 Å². The molecule has 0 aromatic heterocycles. The van der Waals surface area contributed by atoms with Gasteiger partial charge in [-0.05, 0) is 43.6 Å². The fourth-order valence-electron chi connectivity index (χ4n) is 3.34. The number of aliphatic carboxylic acids is 1. The van der Waals surface area contributed by atoms with Crippen LogP contribution in [0.1, 0.15) is 44.1 Å². The molecule has 4 heteroatoms. The van der Waals surface area contributed by atoms with Crippen LogP contribution in [0.3, 0.4) is 0 Å². The number of carbonyl (C=O) groups excluding carboxylic acids is 1. The minimum atomic E-state index is -0.820. The third kappa shape index (κ3) is 3.32. The average Bonchev–Trinajstić information content (AvgIpc) is 3.27. The highest BCUT2D eigenvalue weighted by molar-refractivity contribution is 5.85. The van der Waals surface area contributed by atoms with Gasteiger partial charge < -0.3 is 10.4 Å². The van der Waals surface area contributed by atoms with Crippen molar-refractivity contribution < 1.29 is 14.7 Å². The van der Waals surface area contributed by atoms with Crippen LogP contribution in [0, 0.1) is 11.3 Å². The molecule has 4 nitrogen and oxygen atoms in total. The zero-order chi connectivity index (χ0) is 15.6. The second-order valence-electron chi connectivity index (χ2n) is 6.82. The van der Waals surface area contributed by atoms with Gasteiger partial charge in [-0.2, -0.15) is 0 Å². The summed E-state index contributed by atoms with van der Waals surface area (Å²) in [5.74, 6) is -0.374. The Bertz CT molecular complexity index is 547. The number of nitrogens with one attached hydrogen (secondary N) is 1. The Kier molecular flexibility index (Phi) is 4.19. The van der Waals surface area contributed by atoms with E-state index < -0.39 is 11.4 Å². The van der Waals surface area contributed by atoms with Gasteiger partial charge in [0.2, 0.25) is 5.91 Å².